The molecule has 1 aliphatic carbocycles. The molecule has 134 valence electrons. The average molecular weight is 380 g/mol. The highest BCUT2D eigenvalue weighted by Crippen LogP contribution is 2.39. The lowest BCUT2D eigenvalue weighted by Gasteiger charge is -2.27. The molecule has 2 heterocycles. The zero-order valence-electron chi connectivity index (χ0n) is 14.2. The van der Waals surface area contributed by atoms with Crippen LogP contribution in [0.4, 0.5) is 0 Å². The maximum atomic E-state index is 13.2. The highest BCUT2D eigenvalue weighted by molar-refractivity contribution is 7.91. The molecule has 0 bridgehead atoms. The Morgan fingerprint density at radius 2 is 2.12 bits per heavy atom. The maximum Gasteiger partial charge on any atom is 0.253 e. The summed E-state index contributed by atoms with van der Waals surface area (Å²) in [4.78, 5) is 16.2. The number of carbonyl (C=O) groups is 1. The molecule has 2 aromatic rings. The van der Waals surface area contributed by atoms with Crippen LogP contribution in [0.25, 0.3) is 0 Å². The smallest absolute Gasteiger partial charge is 0.253 e. The predicted molar refractivity (Wildman–Crippen MR) is 96.5 cm³/mol. The van der Waals surface area contributed by atoms with Crippen LogP contribution in [0.15, 0.2) is 40.7 Å². The number of aromatic nitrogens is 1. The molecule has 0 aliphatic heterocycles. The van der Waals surface area contributed by atoms with Crippen LogP contribution in [0, 0.1) is 0 Å². The number of hydrogen-bond donors (Lipinski definition) is 1. The van der Waals surface area contributed by atoms with Crippen molar-refractivity contribution in [2.45, 2.75) is 49.5 Å². The van der Waals surface area contributed by atoms with Gasteiger partial charge in [0.25, 0.3) is 10.0 Å². The summed E-state index contributed by atoms with van der Waals surface area (Å²) in [7, 11) is -3.60. The van der Waals surface area contributed by atoms with E-state index < -0.39 is 10.0 Å². The second-order valence-electron chi connectivity index (χ2n) is 6.13. The number of amides is 1. The molecule has 6 nitrogen and oxygen atoms in total. The molecule has 0 saturated heterocycles. The minimum Gasteiger partial charge on any atom is -0.351 e. The van der Waals surface area contributed by atoms with E-state index in [4.69, 9.17) is 0 Å². The fourth-order valence-corrected chi connectivity index (χ4v) is 5.96. The van der Waals surface area contributed by atoms with E-state index in [1.807, 2.05) is 25.1 Å². The fraction of sp³-hybridized carbons (Fsp3) is 0.412. The number of thiophene rings is 1. The standard InChI is InChI=1S/C17H21N3O3S2/c1-12(16-5-3-4-10-18-16)20(14-6-7-14)25(22,23)17-9-8-15(24-17)11-19-13(2)21/h3-5,8-10,12,14H,6-7,11H2,1-2H3,(H,19,21)/t12-/m0/s1. The molecule has 1 aliphatic rings. The second kappa shape index (κ2) is 7.23. The van der Waals surface area contributed by atoms with Crippen molar-refractivity contribution in [1.29, 1.82) is 0 Å². The molecule has 2 aromatic heterocycles. The summed E-state index contributed by atoms with van der Waals surface area (Å²) in [5, 5.41) is 2.69. The van der Waals surface area contributed by atoms with Gasteiger partial charge in [0.2, 0.25) is 5.91 Å². The molecule has 0 unspecified atom stereocenters. The van der Waals surface area contributed by atoms with Gasteiger partial charge in [-0.05, 0) is 44.0 Å². The van der Waals surface area contributed by atoms with E-state index in [-0.39, 0.29) is 18.0 Å². The Bertz CT molecular complexity index is 845. The van der Waals surface area contributed by atoms with Gasteiger partial charge in [-0.3, -0.25) is 9.78 Å². The van der Waals surface area contributed by atoms with Gasteiger partial charge in [0.05, 0.1) is 18.3 Å². The van der Waals surface area contributed by atoms with Gasteiger partial charge < -0.3 is 5.32 Å². The number of rotatable bonds is 7. The Morgan fingerprint density at radius 1 is 1.36 bits per heavy atom. The largest absolute Gasteiger partial charge is 0.351 e. The van der Waals surface area contributed by atoms with E-state index in [1.54, 1.807) is 22.6 Å². The van der Waals surface area contributed by atoms with Crippen LogP contribution >= 0.6 is 11.3 Å². The van der Waals surface area contributed by atoms with Crippen molar-refractivity contribution in [2.75, 3.05) is 0 Å². The first-order valence-electron chi connectivity index (χ1n) is 8.17. The Labute approximate surface area is 151 Å². The molecular weight excluding hydrogens is 358 g/mol. The van der Waals surface area contributed by atoms with Crippen LogP contribution in [-0.2, 0) is 21.4 Å². The van der Waals surface area contributed by atoms with Crippen LogP contribution < -0.4 is 5.32 Å². The fourth-order valence-electron chi connectivity index (χ4n) is 2.71. The Balaban J connectivity index is 1.87. The van der Waals surface area contributed by atoms with Crippen molar-refractivity contribution >= 4 is 27.3 Å². The van der Waals surface area contributed by atoms with Crippen molar-refractivity contribution < 1.29 is 13.2 Å². The van der Waals surface area contributed by atoms with Crippen molar-refractivity contribution in [3.8, 4) is 0 Å². The lowest BCUT2D eigenvalue weighted by atomic mass is 10.2. The molecule has 3 rings (SSSR count). The summed E-state index contributed by atoms with van der Waals surface area (Å²) in [6, 6.07) is 8.63. The second-order valence-corrected chi connectivity index (χ2v) is 9.37. The quantitative estimate of drug-likeness (QED) is 0.802. The molecule has 8 heteroatoms. The minimum absolute atomic E-state index is 0.0305. The molecule has 1 N–H and O–H groups in total. The SMILES string of the molecule is CC(=O)NCc1ccc(S(=O)(=O)N(C2CC2)[C@@H](C)c2ccccn2)s1. The normalized spacial score (nSPS) is 16.0. The molecule has 1 amide bonds. The van der Waals surface area contributed by atoms with Crippen LogP contribution in [0.5, 0.6) is 0 Å². The van der Waals surface area contributed by atoms with E-state index in [9.17, 15) is 13.2 Å². The summed E-state index contributed by atoms with van der Waals surface area (Å²) in [6.07, 6.45) is 3.43. The Hall–Kier alpha value is -1.77. The molecule has 1 fully saturated rings. The number of sulfonamides is 1. The number of carbonyl (C=O) groups excluding carboxylic acids is 1. The van der Waals surface area contributed by atoms with Gasteiger partial charge in [0.1, 0.15) is 4.21 Å². The summed E-state index contributed by atoms with van der Waals surface area (Å²) in [5.41, 5.74) is 0.744. The minimum atomic E-state index is -3.60. The lowest BCUT2D eigenvalue weighted by molar-refractivity contribution is -0.119. The number of hydrogen-bond acceptors (Lipinski definition) is 5. The molecular formula is C17H21N3O3S2. The van der Waals surface area contributed by atoms with Crippen LogP contribution in [0.2, 0.25) is 0 Å². The highest BCUT2D eigenvalue weighted by Gasteiger charge is 2.42. The third-order valence-electron chi connectivity index (χ3n) is 4.08. The monoisotopic (exact) mass is 379 g/mol. The van der Waals surface area contributed by atoms with Gasteiger partial charge in [0, 0.05) is 24.0 Å². The topological polar surface area (TPSA) is 79.4 Å². The summed E-state index contributed by atoms with van der Waals surface area (Å²) < 4.78 is 28.3. The molecule has 0 aromatic carbocycles. The molecule has 1 saturated carbocycles. The van der Waals surface area contributed by atoms with E-state index in [1.165, 1.54) is 18.3 Å². The van der Waals surface area contributed by atoms with E-state index in [0.29, 0.717) is 10.8 Å². The third kappa shape index (κ3) is 4.08. The van der Waals surface area contributed by atoms with Crippen molar-refractivity contribution in [2.24, 2.45) is 0 Å². The van der Waals surface area contributed by atoms with Gasteiger partial charge in [-0.15, -0.1) is 11.3 Å². The first-order valence-corrected chi connectivity index (χ1v) is 10.4. The van der Waals surface area contributed by atoms with Crippen molar-refractivity contribution in [3.63, 3.8) is 0 Å². The summed E-state index contributed by atoms with van der Waals surface area (Å²) in [5.74, 6) is -0.138. The molecule has 0 spiro atoms. The average Bonchev–Trinajstić information content (AvgIpc) is 3.28. The van der Waals surface area contributed by atoms with Gasteiger partial charge >= 0.3 is 0 Å². The summed E-state index contributed by atoms with van der Waals surface area (Å²) in [6.45, 7) is 3.66. The van der Waals surface area contributed by atoms with Crippen LogP contribution in [0.3, 0.4) is 0 Å². The van der Waals surface area contributed by atoms with Crippen molar-refractivity contribution in [3.05, 3.63) is 47.1 Å². The van der Waals surface area contributed by atoms with Gasteiger partial charge in [-0.2, -0.15) is 4.31 Å². The molecule has 0 radical (unpaired) electrons. The zero-order chi connectivity index (χ0) is 18.0. The number of pyridine rings is 1. The third-order valence-corrected chi connectivity index (χ3v) is 7.66. The Kier molecular flexibility index (Phi) is 5.21. The zero-order valence-corrected chi connectivity index (χ0v) is 15.8. The first-order chi connectivity index (χ1) is 11.9. The Morgan fingerprint density at radius 3 is 2.72 bits per heavy atom. The molecule has 25 heavy (non-hydrogen) atoms. The van der Waals surface area contributed by atoms with Gasteiger partial charge in [0.15, 0.2) is 0 Å². The molecule has 1 atom stereocenters. The lowest BCUT2D eigenvalue weighted by Crippen LogP contribution is -2.35. The van der Waals surface area contributed by atoms with Crippen molar-refractivity contribution in [1.82, 2.24) is 14.6 Å². The highest BCUT2D eigenvalue weighted by atomic mass is 32.2. The van der Waals surface area contributed by atoms with E-state index in [2.05, 4.69) is 10.3 Å². The predicted octanol–water partition coefficient (Wildman–Crippen LogP) is 2.69. The summed E-state index contributed by atoms with van der Waals surface area (Å²) >= 11 is 1.20. The number of nitrogens with zero attached hydrogens (tertiary/aromatic N) is 2. The van der Waals surface area contributed by atoms with E-state index >= 15 is 0 Å². The number of nitrogens with one attached hydrogen (secondary N) is 1. The maximum absolute atomic E-state index is 13.2. The van der Waals surface area contributed by atoms with E-state index in [0.717, 1.165) is 23.4 Å². The van der Waals surface area contributed by atoms with Gasteiger partial charge in [-0.1, -0.05) is 6.07 Å². The van der Waals surface area contributed by atoms with Crippen LogP contribution in [0.1, 0.15) is 43.3 Å². The van der Waals surface area contributed by atoms with Crippen LogP contribution in [-0.4, -0.2) is 29.7 Å². The first kappa shape index (κ1) is 18.0. The van der Waals surface area contributed by atoms with Gasteiger partial charge in [-0.25, -0.2) is 8.42 Å².